The molecule has 11 heavy (non-hydrogen) atoms. The quantitative estimate of drug-likeness (QED) is 0.486. The summed E-state index contributed by atoms with van der Waals surface area (Å²) in [6, 6.07) is 0. The van der Waals surface area contributed by atoms with Crippen LogP contribution in [0.3, 0.4) is 0 Å². The van der Waals surface area contributed by atoms with Crippen LogP contribution in [-0.4, -0.2) is 0 Å². The minimum Gasteiger partial charge on any atom is -0.0888 e. The molecule has 0 saturated heterocycles. The molecule has 0 aromatic carbocycles. The predicted molar refractivity (Wildman–Crippen MR) is 46.3 cm³/mol. The van der Waals surface area contributed by atoms with E-state index in [1.54, 1.807) is 0 Å². The molecule has 0 amide bonds. The zero-order valence-corrected chi connectivity index (χ0v) is 7.09. The second kappa shape index (κ2) is 1.92. The van der Waals surface area contributed by atoms with Crippen molar-refractivity contribution < 1.29 is 0 Å². The molecule has 0 heterocycles. The van der Waals surface area contributed by atoms with E-state index in [9.17, 15) is 0 Å². The van der Waals surface area contributed by atoms with E-state index in [4.69, 9.17) is 11.6 Å². The van der Waals surface area contributed by atoms with Crippen molar-refractivity contribution in [1.29, 1.82) is 0 Å². The van der Waals surface area contributed by atoms with Gasteiger partial charge < -0.3 is 0 Å². The molecule has 4 atom stereocenters. The molecule has 1 saturated carbocycles. The van der Waals surface area contributed by atoms with Crippen LogP contribution in [0.5, 0.6) is 0 Å². The highest BCUT2D eigenvalue weighted by Gasteiger charge is 2.43. The van der Waals surface area contributed by atoms with E-state index in [2.05, 4.69) is 18.2 Å². The molecule has 0 aromatic rings. The Labute approximate surface area is 71.9 Å². The van der Waals surface area contributed by atoms with E-state index in [0.717, 1.165) is 22.8 Å². The summed E-state index contributed by atoms with van der Waals surface area (Å²) in [4.78, 5) is 0. The Morgan fingerprint density at radius 2 is 2.18 bits per heavy atom. The molecule has 3 rings (SSSR count). The first-order valence-electron chi connectivity index (χ1n) is 4.40. The zero-order chi connectivity index (χ0) is 7.42. The molecule has 1 heteroatoms. The number of halogens is 1. The molecule has 58 valence electrons. The van der Waals surface area contributed by atoms with Crippen molar-refractivity contribution in [2.45, 2.75) is 12.8 Å². The van der Waals surface area contributed by atoms with Crippen LogP contribution in [0.2, 0.25) is 0 Å². The fraction of sp³-hybridized carbons (Fsp3) is 0.600. The van der Waals surface area contributed by atoms with Crippen LogP contribution >= 0.6 is 11.6 Å². The molecule has 3 aliphatic carbocycles. The van der Waals surface area contributed by atoms with Gasteiger partial charge in [-0.25, -0.2) is 0 Å². The normalized spacial score (nSPS) is 51.5. The molecule has 0 unspecified atom stereocenters. The molecular weight excluding hydrogens is 156 g/mol. The first kappa shape index (κ1) is 6.30. The van der Waals surface area contributed by atoms with Gasteiger partial charge in [-0.05, 0) is 30.6 Å². The van der Waals surface area contributed by atoms with Crippen LogP contribution in [0.15, 0.2) is 23.3 Å². The lowest BCUT2D eigenvalue weighted by atomic mass is 9.86. The summed E-state index contributed by atoms with van der Waals surface area (Å²) in [5, 5.41) is 1.11. The SMILES string of the molecule is ClC1=C[C@H]2C[C@H]3[C@@H]1C=C[C@H]3C2. The average molecular weight is 167 g/mol. The van der Waals surface area contributed by atoms with E-state index >= 15 is 0 Å². The van der Waals surface area contributed by atoms with E-state index in [-0.39, 0.29) is 0 Å². The number of fused-ring (bicyclic) bond motifs is 1. The Hall–Kier alpha value is -0.230. The molecule has 1 fully saturated rings. The zero-order valence-electron chi connectivity index (χ0n) is 6.33. The van der Waals surface area contributed by atoms with Gasteiger partial charge in [0.1, 0.15) is 0 Å². The topological polar surface area (TPSA) is 0 Å². The van der Waals surface area contributed by atoms with E-state index in [1.165, 1.54) is 12.8 Å². The van der Waals surface area contributed by atoms with Gasteiger partial charge in [-0.2, -0.15) is 0 Å². The van der Waals surface area contributed by atoms with Crippen molar-refractivity contribution in [3.63, 3.8) is 0 Å². The molecular formula is C10H11Cl. The van der Waals surface area contributed by atoms with Crippen LogP contribution in [0.25, 0.3) is 0 Å². The monoisotopic (exact) mass is 166 g/mol. The summed E-state index contributed by atoms with van der Waals surface area (Å²) < 4.78 is 0. The highest BCUT2D eigenvalue weighted by atomic mass is 35.5. The highest BCUT2D eigenvalue weighted by Crippen LogP contribution is 2.53. The lowest BCUT2D eigenvalue weighted by Crippen LogP contribution is -2.13. The first-order chi connectivity index (χ1) is 5.34. The minimum atomic E-state index is 0.598. The standard InChI is InChI=1S/C10H11Cl/c11-10-5-6-3-7-1-2-8(10)9(7)4-6/h1-2,5-9H,3-4H2/t6-,7+,8+,9-/m1/s1. The van der Waals surface area contributed by atoms with Gasteiger partial charge in [-0.1, -0.05) is 29.8 Å². The summed E-state index contributed by atoms with van der Waals surface area (Å²) in [5.74, 6) is 3.13. The second-order valence-electron chi connectivity index (χ2n) is 4.02. The molecule has 0 N–H and O–H groups in total. The second-order valence-corrected chi connectivity index (χ2v) is 4.46. The molecule has 3 aliphatic rings. The van der Waals surface area contributed by atoms with Crippen molar-refractivity contribution in [1.82, 2.24) is 0 Å². The number of hydrogen-bond acceptors (Lipinski definition) is 0. The third-order valence-corrected chi connectivity index (χ3v) is 3.82. The van der Waals surface area contributed by atoms with Gasteiger partial charge in [0.25, 0.3) is 0 Å². The first-order valence-corrected chi connectivity index (χ1v) is 4.78. The van der Waals surface area contributed by atoms with Gasteiger partial charge in [-0.3, -0.25) is 0 Å². The Kier molecular flexibility index (Phi) is 1.10. The Morgan fingerprint density at radius 3 is 3.09 bits per heavy atom. The summed E-state index contributed by atoms with van der Waals surface area (Å²) in [6.45, 7) is 0. The maximum absolute atomic E-state index is 6.15. The van der Waals surface area contributed by atoms with E-state index in [0.29, 0.717) is 5.92 Å². The van der Waals surface area contributed by atoms with Crippen molar-refractivity contribution in [3.8, 4) is 0 Å². The average Bonchev–Trinajstić information content (AvgIpc) is 2.40. The minimum absolute atomic E-state index is 0.598. The third-order valence-electron chi connectivity index (χ3n) is 3.44. The fourth-order valence-corrected chi connectivity index (χ4v) is 3.37. The molecule has 0 aliphatic heterocycles. The van der Waals surface area contributed by atoms with Crippen LogP contribution in [-0.2, 0) is 0 Å². The molecule has 2 bridgehead atoms. The van der Waals surface area contributed by atoms with Crippen LogP contribution in [0, 0.1) is 23.7 Å². The van der Waals surface area contributed by atoms with Crippen LogP contribution in [0.1, 0.15) is 12.8 Å². The van der Waals surface area contributed by atoms with Gasteiger partial charge >= 0.3 is 0 Å². The van der Waals surface area contributed by atoms with Gasteiger partial charge in [-0.15, -0.1) is 0 Å². The maximum Gasteiger partial charge on any atom is 0.0215 e. The Bertz CT molecular complexity index is 252. The van der Waals surface area contributed by atoms with E-state index in [1.807, 2.05) is 0 Å². The Morgan fingerprint density at radius 1 is 1.27 bits per heavy atom. The van der Waals surface area contributed by atoms with E-state index < -0.39 is 0 Å². The van der Waals surface area contributed by atoms with Gasteiger partial charge in [0, 0.05) is 11.0 Å². The summed E-state index contributed by atoms with van der Waals surface area (Å²) in [7, 11) is 0. The Balaban J connectivity index is 2.11. The van der Waals surface area contributed by atoms with Gasteiger partial charge in [0.2, 0.25) is 0 Å². The fourth-order valence-electron chi connectivity index (χ4n) is 2.95. The summed E-state index contributed by atoms with van der Waals surface area (Å²) >= 11 is 6.15. The van der Waals surface area contributed by atoms with Gasteiger partial charge in [0.15, 0.2) is 0 Å². The number of rotatable bonds is 0. The molecule has 0 radical (unpaired) electrons. The number of hydrogen-bond donors (Lipinski definition) is 0. The summed E-state index contributed by atoms with van der Waals surface area (Å²) in [5.41, 5.74) is 0. The van der Waals surface area contributed by atoms with Crippen LogP contribution < -0.4 is 0 Å². The molecule has 0 aromatic heterocycles. The highest BCUT2D eigenvalue weighted by molar-refractivity contribution is 6.30. The summed E-state index contributed by atoms with van der Waals surface area (Å²) in [6.07, 6.45) is 9.72. The van der Waals surface area contributed by atoms with Gasteiger partial charge in [0.05, 0.1) is 0 Å². The van der Waals surface area contributed by atoms with Crippen molar-refractivity contribution in [2.24, 2.45) is 23.7 Å². The third kappa shape index (κ3) is 0.713. The predicted octanol–water partition coefficient (Wildman–Crippen LogP) is 2.95. The smallest absolute Gasteiger partial charge is 0.0215 e. The molecule has 0 spiro atoms. The maximum atomic E-state index is 6.15. The van der Waals surface area contributed by atoms with Crippen molar-refractivity contribution >= 4 is 11.6 Å². The largest absolute Gasteiger partial charge is 0.0888 e. The van der Waals surface area contributed by atoms with Crippen molar-refractivity contribution in [3.05, 3.63) is 23.3 Å². The van der Waals surface area contributed by atoms with Crippen molar-refractivity contribution in [2.75, 3.05) is 0 Å². The number of allylic oxidation sites excluding steroid dienone is 4. The lowest BCUT2D eigenvalue weighted by molar-refractivity contribution is 0.411. The lowest BCUT2D eigenvalue weighted by Gasteiger charge is -2.22. The van der Waals surface area contributed by atoms with Crippen LogP contribution in [0.4, 0.5) is 0 Å². The molecule has 0 nitrogen and oxygen atoms in total.